The van der Waals surface area contributed by atoms with E-state index in [0.717, 1.165) is 25.7 Å². The lowest BCUT2D eigenvalue weighted by Gasteiger charge is -2.07. The average molecular weight is 213 g/mol. The molecule has 1 aromatic rings. The van der Waals surface area contributed by atoms with Crippen LogP contribution in [0.25, 0.3) is 0 Å². The van der Waals surface area contributed by atoms with Crippen molar-refractivity contribution in [3.8, 4) is 0 Å². The highest BCUT2D eigenvalue weighted by molar-refractivity contribution is 7.09. The Hall–Kier alpha value is -0.410. The van der Waals surface area contributed by atoms with Crippen molar-refractivity contribution in [3.63, 3.8) is 0 Å². The van der Waals surface area contributed by atoms with Gasteiger partial charge in [-0.3, -0.25) is 0 Å². The van der Waals surface area contributed by atoms with Crippen molar-refractivity contribution in [3.05, 3.63) is 16.1 Å². The predicted octanol–water partition coefficient (Wildman–Crippen LogP) is 2.66. The molecule has 80 valence electrons. The molecule has 14 heavy (non-hydrogen) atoms. The smallest absolute Gasteiger partial charge is 0.0931 e. The molecule has 0 saturated heterocycles. The van der Waals surface area contributed by atoms with Gasteiger partial charge in [0.2, 0.25) is 0 Å². The Morgan fingerprint density at radius 2 is 2.29 bits per heavy atom. The standard InChI is InChI=1S/C11H19NOS/c1-3-5-10-8-14-11(12-10)6-9(4-2)7-13/h8-9,13H,3-7H2,1-2H3. The van der Waals surface area contributed by atoms with Crippen LogP contribution in [0.15, 0.2) is 5.38 Å². The summed E-state index contributed by atoms with van der Waals surface area (Å²) in [6.07, 6.45) is 4.19. The van der Waals surface area contributed by atoms with Gasteiger partial charge in [-0.1, -0.05) is 26.7 Å². The number of aliphatic hydroxyl groups excluding tert-OH is 1. The Bertz CT molecular complexity index is 256. The van der Waals surface area contributed by atoms with Gasteiger partial charge in [0.05, 0.1) is 10.7 Å². The molecule has 0 aliphatic rings. The number of nitrogens with zero attached hydrogens (tertiary/aromatic N) is 1. The molecule has 0 radical (unpaired) electrons. The summed E-state index contributed by atoms with van der Waals surface area (Å²) < 4.78 is 0. The molecule has 0 saturated carbocycles. The molecule has 2 nitrogen and oxygen atoms in total. The van der Waals surface area contributed by atoms with Crippen LogP contribution in [0.3, 0.4) is 0 Å². The lowest BCUT2D eigenvalue weighted by molar-refractivity contribution is 0.222. The molecular weight excluding hydrogens is 194 g/mol. The van der Waals surface area contributed by atoms with Gasteiger partial charge in [-0.2, -0.15) is 0 Å². The van der Waals surface area contributed by atoms with Crippen molar-refractivity contribution in [1.82, 2.24) is 4.98 Å². The zero-order valence-electron chi connectivity index (χ0n) is 8.99. The minimum absolute atomic E-state index is 0.277. The number of aryl methyl sites for hydroxylation is 1. The number of aromatic nitrogens is 1. The number of hydrogen-bond donors (Lipinski definition) is 1. The summed E-state index contributed by atoms with van der Waals surface area (Å²) in [5.41, 5.74) is 1.21. The molecule has 1 N–H and O–H groups in total. The van der Waals surface area contributed by atoms with Gasteiger partial charge in [0.25, 0.3) is 0 Å². The minimum Gasteiger partial charge on any atom is -0.396 e. The quantitative estimate of drug-likeness (QED) is 0.788. The zero-order chi connectivity index (χ0) is 10.4. The number of aliphatic hydroxyl groups is 1. The maximum atomic E-state index is 9.07. The second kappa shape index (κ2) is 6.14. The fraction of sp³-hybridized carbons (Fsp3) is 0.727. The van der Waals surface area contributed by atoms with E-state index in [2.05, 4.69) is 24.2 Å². The highest BCUT2D eigenvalue weighted by atomic mass is 32.1. The van der Waals surface area contributed by atoms with Crippen LogP contribution in [-0.4, -0.2) is 16.7 Å². The van der Waals surface area contributed by atoms with E-state index in [1.807, 2.05) is 0 Å². The number of thiazole rings is 1. The first-order valence-corrected chi connectivity index (χ1v) is 6.22. The van der Waals surface area contributed by atoms with E-state index in [1.165, 1.54) is 10.7 Å². The molecule has 0 bridgehead atoms. The van der Waals surface area contributed by atoms with Crippen molar-refractivity contribution in [2.75, 3.05) is 6.61 Å². The Balaban J connectivity index is 2.49. The van der Waals surface area contributed by atoms with Crippen LogP contribution >= 0.6 is 11.3 Å². The van der Waals surface area contributed by atoms with Crippen molar-refractivity contribution in [2.24, 2.45) is 5.92 Å². The summed E-state index contributed by atoms with van der Waals surface area (Å²) in [4.78, 5) is 4.54. The van der Waals surface area contributed by atoms with E-state index < -0.39 is 0 Å². The van der Waals surface area contributed by atoms with E-state index >= 15 is 0 Å². The molecule has 0 aliphatic heterocycles. The number of rotatable bonds is 6. The van der Waals surface area contributed by atoms with Crippen molar-refractivity contribution >= 4 is 11.3 Å². The van der Waals surface area contributed by atoms with Gasteiger partial charge in [-0.25, -0.2) is 4.98 Å². The fourth-order valence-electron chi connectivity index (χ4n) is 1.40. The summed E-state index contributed by atoms with van der Waals surface area (Å²) in [5, 5.41) is 12.4. The summed E-state index contributed by atoms with van der Waals surface area (Å²) in [5.74, 6) is 0.385. The molecule has 1 aromatic heterocycles. The molecule has 3 heteroatoms. The fourth-order valence-corrected chi connectivity index (χ4v) is 2.34. The molecule has 0 aromatic carbocycles. The van der Waals surface area contributed by atoms with Gasteiger partial charge >= 0.3 is 0 Å². The van der Waals surface area contributed by atoms with Crippen molar-refractivity contribution < 1.29 is 5.11 Å². The molecule has 0 spiro atoms. The minimum atomic E-state index is 0.277. The molecule has 0 aliphatic carbocycles. The molecule has 0 fully saturated rings. The predicted molar refractivity (Wildman–Crippen MR) is 60.7 cm³/mol. The van der Waals surface area contributed by atoms with E-state index in [4.69, 9.17) is 5.11 Å². The lowest BCUT2D eigenvalue weighted by Crippen LogP contribution is -2.07. The van der Waals surface area contributed by atoms with Crippen LogP contribution in [0.4, 0.5) is 0 Å². The van der Waals surface area contributed by atoms with Gasteiger partial charge in [-0.05, 0) is 12.3 Å². The van der Waals surface area contributed by atoms with Crippen LogP contribution in [0.1, 0.15) is 37.4 Å². The third-order valence-corrected chi connectivity index (χ3v) is 3.32. The third kappa shape index (κ3) is 3.39. The summed E-state index contributed by atoms with van der Waals surface area (Å²) in [7, 11) is 0. The SMILES string of the molecule is CCCc1csc(CC(CC)CO)n1. The zero-order valence-corrected chi connectivity index (χ0v) is 9.81. The van der Waals surface area contributed by atoms with Crippen LogP contribution in [0.5, 0.6) is 0 Å². The maximum absolute atomic E-state index is 9.07. The lowest BCUT2D eigenvalue weighted by atomic mass is 10.0. The van der Waals surface area contributed by atoms with Crippen molar-refractivity contribution in [2.45, 2.75) is 39.5 Å². The molecular formula is C11H19NOS. The Morgan fingerprint density at radius 1 is 1.50 bits per heavy atom. The van der Waals surface area contributed by atoms with Gasteiger partial charge in [0, 0.05) is 18.4 Å². The van der Waals surface area contributed by atoms with Crippen LogP contribution in [0, 0.1) is 5.92 Å². The Labute approximate surface area is 90.0 Å². The molecule has 1 unspecified atom stereocenters. The highest BCUT2D eigenvalue weighted by Crippen LogP contribution is 2.17. The monoisotopic (exact) mass is 213 g/mol. The Kier molecular flexibility index (Phi) is 5.12. The largest absolute Gasteiger partial charge is 0.396 e. The molecule has 1 rings (SSSR count). The highest BCUT2D eigenvalue weighted by Gasteiger charge is 2.09. The maximum Gasteiger partial charge on any atom is 0.0931 e. The molecule has 1 heterocycles. The van der Waals surface area contributed by atoms with Gasteiger partial charge < -0.3 is 5.11 Å². The Morgan fingerprint density at radius 3 is 2.86 bits per heavy atom. The second-order valence-corrected chi connectivity index (χ2v) is 4.59. The van der Waals surface area contributed by atoms with Crippen LogP contribution in [0.2, 0.25) is 0 Å². The average Bonchev–Trinajstić information content (AvgIpc) is 2.63. The topological polar surface area (TPSA) is 33.1 Å². The van der Waals surface area contributed by atoms with E-state index in [1.54, 1.807) is 11.3 Å². The first kappa shape index (κ1) is 11.7. The molecule has 1 atom stereocenters. The third-order valence-electron chi connectivity index (χ3n) is 2.40. The second-order valence-electron chi connectivity index (χ2n) is 3.64. The van der Waals surface area contributed by atoms with Crippen molar-refractivity contribution in [1.29, 1.82) is 0 Å². The summed E-state index contributed by atoms with van der Waals surface area (Å²) >= 11 is 1.73. The molecule has 0 amide bonds. The van der Waals surface area contributed by atoms with Crippen LogP contribution < -0.4 is 0 Å². The first-order chi connectivity index (χ1) is 6.80. The van der Waals surface area contributed by atoms with E-state index in [9.17, 15) is 0 Å². The summed E-state index contributed by atoms with van der Waals surface area (Å²) in [6.45, 7) is 4.56. The van der Waals surface area contributed by atoms with E-state index in [0.29, 0.717) is 5.92 Å². The summed E-state index contributed by atoms with van der Waals surface area (Å²) in [6, 6.07) is 0. The van der Waals surface area contributed by atoms with Crippen LogP contribution in [-0.2, 0) is 12.8 Å². The normalized spacial score (nSPS) is 13.1. The van der Waals surface area contributed by atoms with E-state index in [-0.39, 0.29) is 6.61 Å². The first-order valence-electron chi connectivity index (χ1n) is 5.34. The van der Waals surface area contributed by atoms with Gasteiger partial charge in [-0.15, -0.1) is 11.3 Å². The van der Waals surface area contributed by atoms with Gasteiger partial charge in [0.15, 0.2) is 0 Å². The van der Waals surface area contributed by atoms with Gasteiger partial charge in [0.1, 0.15) is 0 Å². The number of hydrogen-bond acceptors (Lipinski definition) is 3.